The van der Waals surface area contributed by atoms with E-state index >= 15 is 0 Å². The van der Waals surface area contributed by atoms with Gasteiger partial charge in [0.05, 0.1) is 27.7 Å². The van der Waals surface area contributed by atoms with Crippen LogP contribution in [0.3, 0.4) is 0 Å². The van der Waals surface area contributed by atoms with Gasteiger partial charge in [0.2, 0.25) is 0 Å². The average molecular weight is 911 g/mol. The zero-order valence-electron chi connectivity index (χ0n) is 41.8. The topological polar surface area (TPSA) is 108 Å². The van der Waals surface area contributed by atoms with Gasteiger partial charge in [0, 0.05) is 12.8 Å². The summed E-state index contributed by atoms with van der Waals surface area (Å²) in [5.74, 6) is -0.813. The van der Waals surface area contributed by atoms with E-state index in [1.807, 2.05) is 21.1 Å². The minimum absolute atomic E-state index is 0.0290. The van der Waals surface area contributed by atoms with Crippen molar-refractivity contribution < 1.29 is 42.1 Å². The summed E-state index contributed by atoms with van der Waals surface area (Å²) in [5, 5.41) is 0. The van der Waals surface area contributed by atoms with E-state index < -0.39 is 26.5 Å². The predicted molar refractivity (Wildman–Crippen MR) is 266 cm³/mol. The Bertz CT molecular complexity index is 1170. The van der Waals surface area contributed by atoms with Gasteiger partial charge in [-0.2, -0.15) is 0 Å². The minimum Gasteiger partial charge on any atom is -0.462 e. The number of rotatable bonds is 48. The molecule has 2 atom stereocenters. The smallest absolute Gasteiger partial charge is 0.462 e. The first-order chi connectivity index (χ1) is 30.5. The molecule has 370 valence electrons. The van der Waals surface area contributed by atoms with Crippen LogP contribution in [0.4, 0.5) is 0 Å². The van der Waals surface area contributed by atoms with Gasteiger partial charge in [-0.1, -0.05) is 211 Å². The first-order valence-corrected chi connectivity index (χ1v) is 27.7. The average Bonchev–Trinajstić information content (AvgIpc) is 3.24. The number of hydrogen-bond donors (Lipinski definition) is 1. The second kappa shape index (κ2) is 45.4. The number of esters is 2. The van der Waals surface area contributed by atoms with E-state index in [9.17, 15) is 19.0 Å². The Balaban J connectivity index is 4.24. The SMILES string of the molecule is CCCCC/C=C/C/C=C/C/C=C/CCCCCCC(=O)OC[C@H](COP(=O)(O)OCC[N+](C)(C)C)OC(=O)CCCCCCCCCCCCCCCCCCCCCCCC. The van der Waals surface area contributed by atoms with Gasteiger partial charge in [0.25, 0.3) is 0 Å². The number of nitrogens with zero attached hydrogens (tertiary/aromatic N) is 1. The van der Waals surface area contributed by atoms with Crippen LogP contribution in [0.2, 0.25) is 0 Å². The van der Waals surface area contributed by atoms with E-state index in [0.29, 0.717) is 23.9 Å². The van der Waals surface area contributed by atoms with Crippen molar-refractivity contribution in [3.8, 4) is 0 Å². The molecule has 0 saturated carbocycles. The van der Waals surface area contributed by atoms with Crippen LogP contribution in [0.5, 0.6) is 0 Å². The van der Waals surface area contributed by atoms with Crippen LogP contribution in [0.1, 0.15) is 239 Å². The van der Waals surface area contributed by atoms with Crippen LogP contribution in [-0.4, -0.2) is 74.9 Å². The molecule has 0 amide bonds. The molecule has 63 heavy (non-hydrogen) atoms. The molecule has 0 fully saturated rings. The summed E-state index contributed by atoms with van der Waals surface area (Å²) in [6.07, 6.45) is 53.4. The van der Waals surface area contributed by atoms with Gasteiger partial charge in [-0.3, -0.25) is 18.6 Å². The van der Waals surface area contributed by atoms with Crippen LogP contribution in [0, 0.1) is 0 Å². The second-order valence-electron chi connectivity index (χ2n) is 18.9. The van der Waals surface area contributed by atoms with Gasteiger partial charge in [-0.15, -0.1) is 0 Å². The van der Waals surface area contributed by atoms with Crippen molar-refractivity contribution >= 4 is 19.8 Å². The van der Waals surface area contributed by atoms with E-state index in [0.717, 1.165) is 51.4 Å². The molecular formula is C53H101NO8P+. The largest absolute Gasteiger partial charge is 0.472 e. The molecule has 0 aromatic heterocycles. The van der Waals surface area contributed by atoms with E-state index in [2.05, 4.69) is 50.3 Å². The van der Waals surface area contributed by atoms with Gasteiger partial charge in [-0.25, -0.2) is 4.57 Å². The fourth-order valence-electron chi connectivity index (χ4n) is 7.32. The van der Waals surface area contributed by atoms with Crippen molar-refractivity contribution in [1.82, 2.24) is 0 Å². The fraction of sp³-hybridized carbons (Fsp3) is 0.849. The maximum absolute atomic E-state index is 12.8. The summed E-state index contributed by atoms with van der Waals surface area (Å²) in [6.45, 7) is 4.41. The summed E-state index contributed by atoms with van der Waals surface area (Å²) in [6, 6.07) is 0. The Morgan fingerprint density at radius 3 is 1.30 bits per heavy atom. The zero-order valence-corrected chi connectivity index (χ0v) is 42.7. The third kappa shape index (κ3) is 49.5. The number of hydrogen-bond acceptors (Lipinski definition) is 7. The molecule has 1 unspecified atom stereocenters. The van der Waals surface area contributed by atoms with Crippen LogP contribution in [-0.2, 0) is 32.7 Å². The lowest BCUT2D eigenvalue weighted by Gasteiger charge is -2.24. The Morgan fingerprint density at radius 1 is 0.492 bits per heavy atom. The van der Waals surface area contributed by atoms with Crippen LogP contribution >= 0.6 is 7.82 Å². The minimum atomic E-state index is -4.38. The maximum Gasteiger partial charge on any atom is 0.472 e. The zero-order chi connectivity index (χ0) is 46.4. The van der Waals surface area contributed by atoms with Crippen molar-refractivity contribution in [1.29, 1.82) is 0 Å². The first kappa shape index (κ1) is 61.2. The summed E-state index contributed by atoms with van der Waals surface area (Å²) < 4.78 is 34.5. The van der Waals surface area contributed by atoms with Crippen molar-refractivity contribution in [2.45, 2.75) is 245 Å². The number of carbonyl (C=O) groups excluding carboxylic acids is 2. The van der Waals surface area contributed by atoms with E-state index in [1.54, 1.807) is 0 Å². The highest BCUT2D eigenvalue weighted by atomic mass is 31.2. The van der Waals surface area contributed by atoms with Gasteiger partial charge in [0.15, 0.2) is 6.10 Å². The highest BCUT2D eigenvalue weighted by Crippen LogP contribution is 2.43. The van der Waals surface area contributed by atoms with Crippen molar-refractivity contribution in [2.75, 3.05) is 47.5 Å². The summed E-state index contributed by atoms with van der Waals surface area (Å²) in [7, 11) is 1.47. The van der Waals surface area contributed by atoms with E-state index in [-0.39, 0.29) is 32.0 Å². The number of phosphoric acid groups is 1. The number of phosphoric ester groups is 1. The van der Waals surface area contributed by atoms with Crippen molar-refractivity contribution in [3.05, 3.63) is 36.5 Å². The molecule has 0 aromatic carbocycles. The van der Waals surface area contributed by atoms with Gasteiger partial charge in [-0.05, 0) is 51.4 Å². The molecule has 0 spiro atoms. The highest BCUT2D eigenvalue weighted by Gasteiger charge is 2.27. The Kier molecular flexibility index (Phi) is 44.1. The summed E-state index contributed by atoms with van der Waals surface area (Å²) >= 11 is 0. The van der Waals surface area contributed by atoms with Gasteiger partial charge >= 0.3 is 19.8 Å². The monoisotopic (exact) mass is 911 g/mol. The van der Waals surface area contributed by atoms with Crippen LogP contribution in [0.25, 0.3) is 0 Å². The molecule has 0 rings (SSSR count). The lowest BCUT2D eigenvalue weighted by Crippen LogP contribution is -2.37. The molecule has 0 saturated heterocycles. The fourth-order valence-corrected chi connectivity index (χ4v) is 8.06. The molecule has 0 aliphatic rings. The van der Waals surface area contributed by atoms with Crippen LogP contribution in [0.15, 0.2) is 36.5 Å². The molecule has 0 heterocycles. The highest BCUT2D eigenvalue weighted by molar-refractivity contribution is 7.47. The Labute approximate surface area is 389 Å². The molecule has 0 aliphatic carbocycles. The lowest BCUT2D eigenvalue weighted by atomic mass is 10.0. The molecular weight excluding hydrogens is 810 g/mol. The molecule has 0 radical (unpaired) electrons. The standard InChI is InChI=1S/C53H100NO8P/c1-6-8-10-12-14-16-18-20-22-24-25-26-27-28-30-32-34-36-38-40-42-44-46-53(56)62-51(50-61-63(57,58)60-48-47-54(3,4)5)49-59-52(55)45-43-41-39-37-35-33-31-29-23-21-19-17-15-13-11-9-7-2/h15,17,21,23,31,33,51H,6-14,16,18-20,22,24-30,32,34-50H2,1-5H3/p+1/b17-15+,23-21+,33-31+/t51-/m1/s1. The number of unbranched alkanes of at least 4 members (excludes halogenated alkanes) is 28. The Morgan fingerprint density at radius 2 is 0.857 bits per heavy atom. The normalized spacial score (nSPS) is 13.7. The van der Waals surface area contributed by atoms with E-state index in [4.69, 9.17) is 18.5 Å². The number of likely N-dealkylation sites (N-methyl/N-ethyl adjacent to an activating group) is 1. The second-order valence-corrected chi connectivity index (χ2v) is 20.4. The third-order valence-corrected chi connectivity index (χ3v) is 12.4. The lowest BCUT2D eigenvalue weighted by molar-refractivity contribution is -0.870. The first-order valence-electron chi connectivity index (χ1n) is 26.2. The molecule has 0 bridgehead atoms. The number of allylic oxidation sites excluding steroid dienone is 6. The Hall–Kier alpha value is -1.77. The van der Waals surface area contributed by atoms with E-state index in [1.165, 1.54) is 148 Å². The molecule has 1 N–H and O–H groups in total. The van der Waals surface area contributed by atoms with Gasteiger partial charge < -0.3 is 18.9 Å². The summed E-state index contributed by atoms with van der Waals surface area (Å²) in [5.41, 5.74) is 0. The quantitative estimate of drug-likeness (QED) is 0.0211. The maximum atomic E-state index is 12.8. The predicted octanol–water partition coefficient (Wildman–Crippen LogP) is 15.6. The number of carbonyl (C=O) groups is 2. The molecule has 0 aromatic rings. The van der Waals surface area contributed by atoms with Crippen LogP contribution < -0.4 is 0 Å². The molecule has 0 aliphatic heterocycles. The number of ether oxygens (including phenoxy) is 2. The van der Waals surface area contributed by atoms with Gasteiger partial charge in [0.1, 0.15) is 19.8 Å². The molecule has 9 nitrogen and oxygen atoms in total. The van der Waals surface area contributed by atoms with Crippen molar-refractivity contribution in [2.24, 2.45) is 0 Å². The third-order valence-electron chi connectivity index (χ3n) is 11.4. The molecule has 10 heteroatoms. The summed E-state index contributed by atoms with van der Waals surface area (Å²) in [4.78, 5) is 35.5. The van der Waals surface area contributed by atoms with Crippen molar-refractivity contribution in [3.63, 3.8) is 0 Å². The number of quaternary nitrogens is 1.